The molecule has 2 aromatic heterocycles. The molecule has 0 spiro atoms. The van der Waals surface area contributed by atoms with Gasteiger partial charge in [0, 0.05) is 11.5 Å². The van der Waals surface area contributed by atoms with Gasteiger partial charge in [-0.1, -0.05) is 23.7 Å². The summed E-state index contributed by atoms with van der Waals surface area (Å²) in [6, 6.07) is 10.7. The Hall–Kier alpha value is -3.89. The minimum absolute atomic E-state index is 0.00603. The number of aliphatic hydroxyl groups excluding tert-OH is 1. The van der Waals surface area contributed by atoms with Crippen LogP contribution in [0.4, 0.5) is 5.95 Å². The third-order valence-electron chi connectivity index (χ3n) is 4.90. The lowest BCUT2D eigenvalue weighted by atomic mass is 10.1. The zero-order valence-corrected chi connectivity index (χ0v) is 18.1. The number of benzene rings is 2. The molecule has 33 heavy (non-hydrogen) atoms. The van der Waals surface area contributed by atoms with E-state index in [0.29, 0.717) is 16.5 Å². The van der Waals surface area contributed by atoms with Gasteiger partial charge in [0.2, 0.25) is 5.95 Å². The highest BCUT2D eigenvalue weighted by Crippen LogP contribution is 2.25. The molecule has 0 bridgehead atoms. The number of carbonyl (C=O) groups excluding carboxylic acids is 2. The largest absolute Gasteiger partial charge is 0.484 e. The smallest absolute Gasteiger partial charge is 0.355 e. The summed E-state index contributed by atoms with van der Waals surface area (Å²) in [4.78, 5) is 43.6. The topological polar surface area (TPSA) is 147 Å². The average Bonchev–Trinajstić information content (AvgIpc) is 3.21. The molecular weight excluding hydrogens is 452 g/mol. The van der Waals surface area contributed by atoms with Gasteiger partial charge in [-0.25, -0.2) is 9.78 Å². The minimum atomic E-state index is -1.21. The number of aromatic amines is 1. The van der Waals surface area contributed by atoms with Crippen LogP contribution < -0.4 is 21.0 Å². The van der Waals surface area contributed by atoms with Gasteiger partial charge in [0.25, 0.3) is 11.8 Å². The molecule has 0 saturated heterocycles. The van der Waals surface area contributed by atoms with Crippen molar-refractivity contribution in [3.05, 3.63) is 63.5 Å². The van der Waals surface area contributed by atoms with E-state index in [9.17, 15) is 19.5 Å². The molecule has 0 aliphatic rings. The fraction of sp³-hybridized carbons (Fsp3) is 0.182. The van der Waals surface area contributed by atoms with Gasteiger partial charge in [0.1, 0.15) is 22.4 Å². The number of amides is 2. The van der Waals surface area contributed by atoms with E-state index in [4.69, 9.17) is 20.8 Å². The first-order chi connectivity index (χ1) is 15.9. The molecule has 170 valence electrons. The molecule has 0 saturated carbocycles. The predicted molar refractivity (Wildman–Crippen MR) is 121 cm³/mol. The van der Waals surface area contributed by atoms with Crippen LogP contribution in [0.3, 0.4) is 0 Å². The van der Waals surface area contributed by atoms with Gasteiger partial charge in [0.15, 0.2) is 6.61 Å². The Bertz CT molecular complexity index is 1380. The van der Waals surface area contributed by atoms with Crippen molar-refractivity contribution >= 4 is 51.4 Å². The summed E-state index contributed by atoms with van der Waals surface area (Å²) in [5.74, 6) is -0.819. The first-order valence-corrected chi connectivity index (χ1v) is 10.2. The molecule has 4 N–H and O–H groups in total. The zero-order valence-electron chi connectivity index (χ0n) is 17.3. The van der Waals surface area contributed by atoms with Crippen LogP contribution in [0.5, 0.6) is 5.75 Å². The molecule has 0 aliphatic heterocycles. The quantitative estimate of drug-likeness (QED) is 0.302. The molecule has 4 rings (SSSR count). The number of nitrogens with zero attached hydrogens (tertiary/aromatic N) is 1. The molecule has 2 aromatic carbocycles. The van der Waals surface area contributed by atoms with E-state index >= 15 is 0 Å². The summed E-state index contributed by atoms with van der Waals surface area (Å²) < 4.78 is 10.6. The number of H-pyrrole nitrogens is 1. The number of aromatic nitrogens is 2. The van der Waals surface area contributed by atoms with Crippen molar-refractivity contribution < 1.29 is 23.8 Å². The first-order valence-electron chi connectivity index (χ1n) is 9.87. The third-order valence-corrected chi connectivity index (χ3v) is 5.34. The van der Waals surface area contributed by atoms with Gasteiger partial charge < -0.3 is 24.6 Å². The van der Waals surface area contributed by atoms with E-state index in [1.54, 1.807) is 31.2 Å². The molecule has 11 heteroatoms. The number of hydrogen-bond donors (Lipinski definition) is 4. The van der Waals surface area contributed by atoms with Crippen LogP contribution in [0.25, 0.3) is 22.0 Å². The second kappa shape index (κ2) is 9.31. The summed E-state index contributed by atoms with van der Waals surface area (Å²) in [7, 11) is 0. The normalized spacial score (nSPS) is 12.0. The van der Waals surface area contributed by atoms with Crippen LogP contribution in [-0.4, -0.2) is 46.1 Å². The zero-order chi connectivity index (χ0) is 23.5. The van der Waals surface area contributed by atoms with Gasteiger partial charge in [-0.15, -0.1) is 0 Å². The first kappa shape index (κ1) is 22.3. The van der Waals surface area contributed by atoms with Gasteiger partial charge in [-0.2, -0.15) is 0 Å². The molecule has 10 nitrogen and oxygen atoms in total. The standard InChI is InChI=1S/C22H19ClN4O6/c1-11-13-7-6-12(8-17(13)33-21(31)19(11)23)32-10-18(29)24-16(9-28)20(30)27-22-25-14-4-2-3-5-15(14)26-22/h2-8,16,28H,9-10H2,1H3,(H,24,29)(H2,25,26,27,30)/t16-/m0/s1. The highest BCUT2D eigenvalue weighted by Gasteiger charge is 2.21. The Morgan fingerprint density at radius 1 is 1.27 bits per heavy atom. The maximum Gasteiger partial charge on any atom is 0.355 e. The Kier molecular flexibility index (Phi) is 6.29. The summed E-state index contributed by atoms with van der Waals surface area (Å²) in [6.45, 7) is 0.636. The maximum atomic E-state index is 12.4. The van der Waals surface area contributed by atoms with E-state index in [1.807, 2.05) is 12.1 Å². The second-order valence-corrected chi connectivity index (χ2v) is 7.55. The van der Waals surface area contributed by atoms with E-state index in [1.165, 1.54) is 6.07 Å². The summed E-state index contributed by atoms with van der Waals surface area (Å²) in [6.07, 6.45) is 0. The molecule has 0 radical (unpaired) electrons. The van der Waals surface area contributed by atoms with Gasteiger partial charge >= 0.3 is 5.63 Å². The molecule has 0 aliphatic carbocycles. The molecule has 4 aromatic rings. The predicted octanol–water partition coefficient (Wildman–Crippen LogP) is 2.13. The van der Waals surface area contributed by atoms with Gasteiger partial charge in [0.05, 0.1) is 17.6 Å². The summed E-state index contributed by atoms with van der Waals surface area (Å²) >= 11 is 5.91. The lowest BCUT2D eigenvalue weighted by Crippen LogP contribution is -2.47. The number of fused-ring (bicyclic) bond motifs is 2. The van der Waals surface area contributed by atoms with Crippen molar-refractivity contribution in [3.8, 4) is 5.75 Å². The number of nitrogens with one attached hydrogen (secondary N) is 3. The molecular formula is C22H19ClN4O6. The van der Waals surface area contributed by atoms with Crippen molar-refractivity contribution in [1.29, 1.82) is 0 Å². The molecule has 2 heterocycles. The van der Waals surface area contributed by atoms with Gasteiger partial charge in [-0.05, 0) is 36.8 Å². The second-order valence-electron chi connectivity index (χ2n) is 7.17. The van der Waals surface area contributed by atoms with Crippen molar-refractivity contribution in [3.63, 3.8) is 0 Å². The molecule has 1 atom stereocenters. The molecule has 0 fully saturated rings. The SMILES string of the molecule is Cc1c(Cl)c(=O)oc2cc(OCC(=O)N[C@@H](CO)C(=O)Nc3nc4ccccc4[nH]3)ccc12. The Labute approximate surface area is 191 Å². The summed E-state index contributed by atoms with van der Waals surface area (Å²) in [5, 5.41) is 15.1. The number of para-hydroxylation sites is 2. The van der Waals surface area contributed by atoms with Crippen molar-refractivity contribution in [1.82, 2.24) is 15.3 Å². The number of halogens is 1. The van der Waals surface area contributed by atoms with E-state index in [2.05, 4.69) is 20.6 Å². The Balaban J connectivity index is 1.37. The molecule has 2 amide bonds. The van der Waals surface area contributed by atoms with Crippen LogP contribution in [0.2, 0.25) is 5.02 Å². The highest BCUT2D eigenvalue weighted by atomic mass is 35.5. The van der Waals surface area contributed by atoms with Crippen LogP contribution in [-0.2, 0) is 9.59 Å². The monoisotopic (exact) mass is 470 g/mol. The van der Waals surface area contributed by atoms with E-state index in [-0.39, 0.29) is 22.3 Å². The summed E-state index contributed by atoms with van der Waals surface area (Å²) in [5.41, 5.74) is 1.56. The number of rotatable bonds is 7. The number of aryl methyl sites for hydroxylation is 1. The number of anilines is 1. The van der Waals surface area contributed by atoms with Crippen LogP contribution >= 0.6 is 11.6 Å². The average molecular weight is 471 g/mol. The number of imidazole rings is 1. The van der Waals surface area contributed by atoms with Gasteiger partial charge in [-0.3, -0.25) is 14.9 Å². The van der Waals surface area contributed by atoms with Crippen molar-refractivity contribution in [2.24, 2.45) is 0 Å². The lowest BCUT2D eigenvalue weighted by molar-refractivity contribution is -0.128. The maximum absolute atomic E-state index is 12.4. The number of carbonyl (C=O) groups is 2. The lowest BCUT2D eigenvalue weighted by Gasteiger charge is -2.15. The van der Waals surface area contributed by atoms with Crippen LogP contribution in [0, 0.1) is 6.92 Å². The number of hydrogen-bond acceptors (Lipinski definition) is 7. The third kappa shape index (κ3) is 4.81. The van der Waals surface area contributed by atoms with Crippen molar-refractivity contribution in [2.45, 2.75) is 13.0 Å². The highest BCUT2D eigenvalue weighted by molar-refractivity contribution is 6.31. The Morgan fingerprint density at radius 3 is 2.82 bits per heavy atom. The van der Waals surface area contributed by atoms with E-state index < -0.39 is 36.7 Å². The minimum Gasteiger partial charge on any atom is -0.484 e. The fourth-order valence-corrected chi connectivity index (χ4v) is 3.34. The Morgan fingerprint density at radius 2 is 2.06 bits per heavy atom. The fourth-order valence-electron chi connectivity index (χ4n) is 3.20. The molecule has 0 unspecified atom stereocenters. The van der Waals surface area contributed by atoms with Crippen molar-refractivity contribution in [2.75, 3.05) is 18.5 Å². The van der Waals surface area contributed by atoms with Crippen LogP contribution in [0.15, 0.2) is 51.7 Å². The number of ether oxygens (including phenoxy) is 1. The van der Waals surface area contributed by atoms with E-state index in [0.717, 1.165) is 5.52 Å². The number of aliphatic hydroxyl groups is 1. The van der Waals surface area contributed by atoms with Crippen LogP contribution in [0.1, 0.15) is 5.56 Å².